The molecule has 0 unspecified atom stereocenters. The summed E-state index contributed by atoms with van der Waals surface area (Å²) in [5.74, 6) is 0.831. The first-order valence-corrected chi connectivity index (χ1v) is 9.14. The van der Waals surface area contributed by atoms with E-state index in [0.717, 1.165) is 42.0 Å². The van der Waals surface area contributed by atoms with Crippen molar-refractivity contribution in [3.63, 3.8) is 0 Å². The summed E-state index contributed by atoms with van der Waals surface area (Å²) in [7, 11) is 0. The van der Waals surface area contributed by atoms with Crippen LogP contribution in [0.4, 0.5) is 5.82 Å². The van der Waals surface area contributed by atoms with Crippen LogP contribution in [0, 0.1) is 13.8 Å². The van der Waals surface area contributed by atoms with Crippen LogP contribution in [0.2, 0.25) is 0 Å². The number of aryl methyl sites for hydroxylation is 3. The smallest absolute Gasteiger partial charge is 0.229 e. The van der Waals surface area contributed by atoms with Gasteiger partial charge in [-0.2, -0.15) is 5.10 Å². The number of fused-ring (bicyclic) bond motifs is 1. The minimum atomic E-state index is 0.0000317. The summed E-state index contributed by atoms with van der Waals surface area (Å²) in [5.41, 5.74) is 6.76. The zero-order valence-electron chi connectivity index (χ0n) is 15.2. The molecule has 1 aliphatic carbocycles. The number of hydrogen-bond acceptors (Lipinski definition) is 2. The molecule has 0 saturated heterocycles. The topological polar surface area (TPSA) is 46.9 Å². The lowest BCUT2D eigenvalue weighted by Crippen LogP contribution is -2.18. The van der Waals surface area contributed by atoms with Crippen LogP contribution in [0.15, 0.2) is 48.5 Å². The summed E-state index contributed by atoms with van der Waals surface area (Å²) in [5, 5.41) is 7.88. The molecule has 0 spiro atoms. The van der Waals surface area contributed by atoms with Crippen LogP contribution in [0.25, 0.3) is 5.69 Å². The number of carbonyl (C=O) groups is 1. The number of benzene rings is 2. The van der Waals surface area contributed by atoms with E-state index in [0.29, 0.717) is 6.42 Å². The summed E-state index contributed by atoms with van der Waals surface area (Å²) < 4.78 is 1.88. The zero-order valence-corrected chi connectivity index (χ0v) is 15.2. The van der Waals surface area contributed by atoms with Gasteiger partial charge in [-0.25, -0.2) is 4.68 Å². The summed E-state index contributed by atoms with van der Waals surface area (Å²) in [6.07, 6.45) is 3.43. The summed E-state index contributed by atoms with van der Waals surface area (Å²) in [6.45, 7) is 4.16. The molecule has 1 N–H and O–H groups in total. The maximum Gasteiger partial charge on any atom is 0.229 e. The van der Waals surface area contributed by atoms with E-state index < -0.39 is 0 Å². The Morgan fingerprint density at radius 2 is 1.88 bits per heavy atom. The van der Waals surface area contributed by atoms with Crippen LogP contribution in [0.1, 0.15) is 34.4 Å². The first kappa shape index (κ1) is 16.6. The van der Waals surface area contributed by atoms with Crippen molar-refractivity contribution in [1.29, 1.82) is 0 Å². The third kappa shape index (κ3) is 3.15. The lowest BCUT2D eigenvalue weighted by atomic mass is 10.0. The number of nitrogens with zero attached hydrogens (tertiary/aromatic N) is 2. The number of para-hydroxylation sites is 1. The minimum absolute atomic E-state index is 0.0000317. The highest BCUT2D eigenvalue weighted by molar-refractivity contribution is 5.92. The number of amides is 1. The van der Waals surface area contributed by atoms with Gasteiger partial charge in [0.25, 0.3) is 0 Å². The number of hydrogen-bond donors (Lipinski definition) is 1. The van der Waals surface area contributed by atoms with Crippen LogP contribution >= 0.6 is 0 Å². The maximum absolute atomic E-state index is 12.7. The molecule has 3 aromatic rings. The van der Waals surface area contributed by atoms with Crippen LogP contribution in [0.5, 0.6) is 0 Å². The van der Waals surface area contributed by atoms with E-state index in [1.165, 1.54) is 16.7 Å². The molecule has 26 heavy (non-hydrogen) atoms. The average molecular weight is 345 g/mol. The Morgan fingerprint density at radius 3 is 2.65 bits per heavy atom. The summed E-state index contributed by atoms with van der Waals surface area (Å²) in [6, 6.07) is 16.2. The van der Waals surface area contributed by atoms with Crippen molar-refractivity contribution in [2.75, 3.05) is 5.32 Å². The molecule has 0 atom stereocenters. The Morgan fingerprint density at radius 1 is 1.08 bits per heavy atom. The highest BCUT2D eigenvalue weighted by atomic mass is 16.1. The fourth-order valence-electron chi connectivity index (χ4n) is 3.55. The van der Waals surface area contributed by atoms with Gasteiger partial charge in [-0.1, -0.05) is 36.4 Å². The van der Waals surface area contributed by atoms with E-state index >= 15 is 0 Å². The molecule has 0 fully saturated rings. The molecule has 0 saturated carbocycles. The van der Waals surface area contributed by atoms with Gasteiger partial charge in [0.05, 0.1) is 17.8 Å². The zero-order chi connectivity index (χ0) is 18.1. The van der Waals surface area contributed by atoms with Gasteiger partial charge in [0.1, 0.15) is 5.82 Å². The van der Waals surface area contributed by atoms with Gasteiger partial charge >= 0.3 is 0 Å². The molecule has 4 rings (SSSR count). The molecule has 1 amide bonds. The Bertz CT molecular complexity index is 957. The highest BCUT2D eigenvalue weighted by Crippen LogP contribution is 2.31. The largest absolute Gasteiger partial charge is 0.310 e. The Balaban J connectivity index is 1.61. The molecular formula is C22H23N3O. The molecule has 0 radical (unpaired) electrons. The maximum atomic E-state index is 12.7. The van der Waals surface area contributed by atoms with E-state index in [9.17, 15) is 4.79 Å². The first-order valence-electron chi connectivity index (χ1n) is 9.14. The van der Waals surface area contributed by atoms with Crippen molar-refractivity contribution in [3.05, 3.63) is 76.5 Å². The lowest BCUT2D eigenvalue weighted by Gasteiger charge is -2.11. The average Bonchev–Trinajstić information content (AvgIpc) is 3.22. The predicted molar refractivity (Wildman–Crippen MR) is 104 cm³/mol. The lowest BCUT2D eigenvalue weighted by molar-refractivity contribution is -0.115. The van der Waals surface area contributed by atoms with E-state index in [4.69, 9.17) is 5.10 Å². The van der Waals surface area contributed by atoms with Gasteiger partial charge in [0.2, 0.25) is 5.91 Å². The molecule has 0 bridgehead atoms. The molecule has 132 valence electrons. The first-order chi connectivity index (χ1) is 12.6. The van der Waals surface area contributed by atoms with Gasteiger partial charge < -0.3 is 5.32 Å². The molecule has 1 heterocycles. The number of rotatable bonds is 4. The number of aromatic nitrogens is 2. The van der Waals surface area contributed by atoms with E-state index in [1.54, 1.807) is 0 Å². The SMILES string of the molecule is Cc1ccc(CC(=O)Nc2c3c(nn2-c2ccccc2)CCC3)cc1C. The van der Waals surface area contributed by atoms with Gasteiger partial charge in [-0.15, -0.1) is 0 Å². The summed E-state index contributed by atoms with van der Waals surface area (Å²) in [4.78, 5) is 12.7. The Kier molecular flexibility index (Phi) is 4.33. The van der Waals surface area contributed by atoms with Gasteiger partial charge in [0.15, 0.2) is 0 Å². The second-order valence-corrected chi connectivity index (χ2v) is 7.02. The molecule has 0 aliphatic heterocycles. The minimum Gasteiger partial charge on any atom is -0.310 e. The Hall–Kier alpha value is -2.88. The summed E-state index contributed by atoms with van der Waals surface area (Å²) >= 11 is 0. The van der Waals surface area contributed by atoms with Crippen molar-refractivity contribution in [2.45, 2.75) is 39.5 Å². The monoisotopic (exact) mass is 345 g/mol. The van der Waals surface area contributed by atoms with Gasteiger partial charge in [-0.05, 0) is 61.9 Å². The molecule has 2 aromatic carbocycles. The molecule has 1 aliphatic rings. The molecular weight excluding hydrogens is 322 g/mol. The van der Waals surface area contributed by atoms with Gasteiger partial charge in [0, 0.05) is 5.56 Å². The fourth-order valence-corrected chi connectivity index (χ4v) is 3.55. The third-order valence-corrected chi connectivity index (χ3v) is 5.10. The normalized spacial score (nSPS) is 12.8. The number of anilines is 1. The second-order valence-electron chi connectivity index (χ2n) is 7.02. The van der Waals surface area contributed by atoms with Gasteiger partial charge in [-0.3, -0.25) is 4.79 Å². The quantitative estimate of drug-likeness (QED) is 0.772. The Labute approximate surface area is 153 Å². The second kappa shape index (κ2) is 6.79. The standard InChI is InChI=1S/C22H23N3O/c1-15-11-12-17(13-16(15)2)14-21(26)23-22-19-9-6-10-20(19)24-25(22)18-7-4-3-5-8-18/h3-5,7-8,11-13H,6,9-10,14H2,1-2H3,(H,23,26). The fraction of sp³-hybridized carbons (Fsp3) is 0.273. The van der Waals surface area contributed by atoms with E-state index in [1.807, 2.05) is 41.1 Å². The number of carbonyl (C=O) groups excluding carboxylic acids is 1. The van der Waals surface area contributed by atoms with E-state index in [-0.39, 0.29) is 5.91 Å². The van der Waals surface area contributed by atoms with Crippen LogP contribution in [-0.4, -0.2) is 15.7 Å². The molecule has 4 nitrogen and oxygen atoms in total. The van der Waals surface area contributed by atoms with E-state index in [2.05, 4.69) is 31.3 Å². The van der Waals surface area contributed by atoms with Crippen molar-refractivity contribution in [3.8, 4) is 5.69 Å². The molecule has 4 heteroatoms. The highest BCUT2D eigenvalue weighted by Gasteiger charge is 2.24. The van der Waals surface area contributed by atoms with Crippen LogP contribution in [0.3, 0.4) is 0 Å². The van der Waals surface area contributed by atoms with Crippen LogP contribution < -0.4 is 5.32 Å². The predicted octanol–water partition coefficient (Wildman–Crippen LogP) is 4.16. The van der Waals surface area contributed by atoms with Crippen molar-refractivity contribution in [1.82, 2.24) is 9.78 Å². The van der Waals surface area contributed by atoms with Crippen molar-refractivity contribution < 1.29 is 4.79 Å². The third-order valence-electron chi connectivity index (χ3n) is 5.10. The van der Waals surface area contributed by atoms with Crippen molar-refractivity contribution >= 4 is 11.7 Å². The molecule has 1 aromatic heterocycles. The van der Waals surface area contributed by atoms with Crippen LogP contribution in [-0.2, 0) is 24.1 Å². The van der Waals surface area contributed by atoms with Crippen molar-refractivity contribution in [2.24, 2.45) is 0 Å². The number of nitrogens with one attached hydrogen (secondary N) is 1.